The van der Waals surface area contributed by atoms with E-state index < -0.39 is 18.5 Å². The third-order valence-corrected chi connectivity index (χ3v) is 0. The smallest absolute Gasteiger partial charge is 0.316 e. The topological polar surface area (TPSA) is 173 Å². The van der Waals surface area contributed by atoms with Gasteiger partial charge in [0.05, 0.1) is 0 Å². The number of rotatable bonds is 0. The Morgan fingerprint density at radius 2 is 0.450 bits per heavy atom. The van der Waals surface area contributed by atoms with Crippen LogP contribution in [0.15, 0.2) is 0 Å². The van der Waals surface area contributed by atoms with E-state index in [0.29, 0.717) is 0 Å². The summed E-state index contributed by atoms with van der Waals surface area (Å²) < 4.78 is 0. The molecular weight excluding hydrogens is 411 g/mol. The van der Waals surface area contributed by atoms with Crippen LogP contribution in [0.3, 0.4) is 0 Å². The molecule has 0 aliphatic rings. The van der Waals surface area contributed by atoms with E-state index in [9.17, 15) is 0 Å². The van der Waals surface area contributed by atoms with Gasteiger partial charge < -0.3 is 30.6 Å². The van der Waals surface area contributed by atoms with Crippen LogP contribution in [0, 0.1) is 0 Å². The fourth-order valence-electron chi connectivity index (χ4n) is 0. The molecule has 0 aromatic carbocycles. The number of hydrogen-bond acceptors (Lipinski definition) is 3. The molecule has 0 aliphatic carbocycles. The molecule has 0 radical (unpaired) electrons. The van der Waals surface area contributed by atoms with Crippen LogP contribution in [0.4, 0.5) is 14.4 Å². The zero-order chi connectivity index (χ0) is 10.7. The average molecular weight is 436 g/mol. The molecule has 17 heteroatoms. The summed E-state index contributed by atoms with van der Waals surface area (Å²) in [5.41, 5.74) is 0. The first kappa shape index (κ1) is 74.3. The Hall–Kier alpha value is 4.46. The maximum absolute atomic E-state index is 8.56. The van der Waals surface area contributed by atoms with Crippen molar-refractivity contribution in [2.24, 2.45) is 0 Å². The molecule has 0 saturated heterocycles. The van der Waals surface area contributed by atoms with Crippen molar-refractivity contribution >= 4 is 221 Å². The molecule has 20 heavy (non-hydrogen) atoms. The molecule has 0 fully saturated rings. The summed E-state index contributed by atoms with van der Waals surface area (Å²) in [7, 11) is 0. The minimum atomic E-state index is -1.83. The summed E-state index contributed by atoms with van der Waals surface area (Å²) in [6, 6.07) is 0. The van der Waals surface area contributed by atoms with Crippen LogP contribution in [-0.4, -0.2) is 252 Å². The molecule has 0 aromatic rings. The van der Waals surface area contributed by atoms with Crippen LogP contribution >= 0.6 is 0 Å². The first-order chi connectivity index (χ1) is 5.20. The fourth-order valence-corrected chi connectivity index (χ4v) is 0. The Balaban J connectivity index is -0.00000000562. The molecule has 0 atom stereocenters. The third-order valence-electron chi connectivity index (χ3n) is 0. The Morgan fingerprint density at radius 1 is 0.450 bits per heavy atom. The summed E-state index contributed by atoms with van der Waals surface area (Å²) in [5.74, 6) is 0. The van der Waals surface area contributed by atoms with E-state index in [1.165, 1.54) is 0 Å². The third kappa shape index (κ3) is 520. The predicted octanol–water partition coefficient (Wildman–Crippen LogP) is -7.20. The van der Waals surface area contributed by atoms with Crippen LogP contribution in [0.2, 0.25) is 0 Å². The normalized spacial score (nSPS) is 3.60. The number of hydrogen-bond donors (Lipinski definition) is 6. The van der Waals surface area contributed by atoms with Crippen LogP contribution in [-0.2, 0) is 0 Å². The Bertz CT molecular complexity index is 139. The van der Waals surface area contributed by atoms with E-state index in [-0.39, 0.29) is 202 Å². The Kier molecular flexibility index (Phi) is 243. The second-order valence-electron chi connectivity index (χ2n) is 0.848. The largest absolute Gasteiger partial charge is 0.316 e. The first-order valence-corrected chi connectivity index (χ1v) is 1.95. The summed E-state index contributed by atoms with van der Waals surface area (Å²) in [4.78, 5) is 25.7. The van der Waals surface area contributed by atoms with E-state index in [0.717, 1.165) is 0 Å². The summed E-state index contributed by atoms with van der Waals surface area (Å²) in [6.07, 6.45) is -5.50. The van der Waals surface area contributed by atoms with Crippen molar-refractivity contribution in [2.45, 2.75) is 0 Å². The molecule has 108 valence electrons. The molecule has 0 spiro atoms. The van der Waals surface area contributed by atoms with Gasteiger partial charge in [0.2, 0.25) is 0 Å². The van der Waals surface area contributed by atoms with Crippen LogP contribution < -0.4 is 0 Å². The van der Waals surface area contributed by atoms with E-state index in [1.807, 2.05) is 0 Å². The molecule has 0 unspecified atom stereocenters. The van der Waals surface area contributed by atoms with Gasteiger partial charge in [0.15, 0.2) is 34.7 Å². The van der Waals surface area contributed by atoms with E-state index in [1.54, 1.807) is 0 Å². The van der Waals surface area contributed by atoms with Gasteiger partial charge in [0.1, 0.15) is 0 Å². The van der Waals surface area contributed by atoms with Gasteiger partial charge in [0, 0.05) is 0 Å². The molecule has 0 saturated carbocycles. The van der Waals surface area contributed by atoms with E-state index in [4.69, 9.17) is 45.0 Å². The Labute approximate surface area is 260 Å². The number of carbonyl (C=O) groups is 3. The van der Waals surface area contributed by atoms with Crippen molar-refractivity contribution in [3.05, 3.63) is 0 Å². The van der Waals surface area contributed by atoms with Gasteiger partial charge >= 0.3 is 186 Å². The van der Waals surface area contributed by atoms with E-state index >= 15 is 0 Å². The minimum Gasteiger partial charge on any atom is 0.316 e. The van der Waals surface area contributed by atoms with Crippen LogP contribution in [0.5, 0.6) is 0 Å². The molecule has 6 N–H and O–H groups in total. The molecule has 0 bridgehead atoms. The number of carboxylic acid groups (broad SMARTS) is 6. The second-order valence-corrected chi connectivity index (χ2v) is 0.848. The zero-order valence-corrected chi connectivity index (χ0v) is 5.41. The van der Waals surface area contributed by atoms with Gasteiger partial charge in [0.25, 0.3) is 0 Å². The van der Waals surface area contributed by atoms with Gasteiger partial charge in [-0.3, -0.25) is 0 Å². The molecule has 0 aromatic heterocycles. The van der Waals surface area contributed by atoms with Crippen molar-refractivity contribution in [2.75, 3.05) is 0 Å². The zero-order valence-electron chi connectivity index (χ0n) is 5.41. The van der Waals surface area contributed by atoms with Crippen molar-refractivity contribution in [3.8, 4) is 0 Å². The summed E-state index contributed by atoms with van der Waals surface area (Å²) in [5, 5.41) is 41.8. The maximum atomic E-state index is 8.56. The van der Waals surface area contributed by atoms with Gasteiger partial charge in [-0.15, -0.1) is 0 Å². The summed E-state index contributed by atoms with van der Waals surface area (Å²) in [6.45, 7) is 0. The monoisotopic (exact) mass is 434 g/mol. The molecule has 0 heterocycles. The minimum absolute atomic E-state index is 0. The van der Waals surface area contributed by atoms with Crippen molar-refractivity contribution in [3.63, 3.8) is 0 Å². The second kappa shape index (κ2) is 65.3. The Morgan fingerprint density at radius 3 is 0.450 bits per heavy atom. The van der Waals surface area contributed by atoms with Crippen LogP contribution in [0.1, 0.15) is 0 Å². The van der Waals surface area contributed by atoms with Gasteiger partial charge in [-0.2, -0.15) is 0 Å². The van der Waals surface area contributed by atoms with Crippen LogP contribution in [0.25, 0.3) is 0 Å². The summed E-state index contributed by atoms with van der Waals surface area (Å²) >= 11 is 0. The van der Waals surface area contributed by atoms with Crippen molar-refractivity contribution < 1.29 is 45.0 Å². The van der Waals surface area contributed by atoms with E-state index in [2.05, 4.69) is 0 Å². The first-order valence-electron chi connectivity index (χ1n) is 1.95. The molecule has 0 aliphatic heterocycles. The quantitative estimate of drug-likeness (QED) is 0.202. The van der Waals surface area contributed by atoms with Gasteiger partial charge in [-0.05, 0) is 0 Å². The van der Waals surface area contributed by atoms with Gasteiger partial charge in [-0.1, -0.05) is 0 Å². The fraction of sp³-hybridized carbons (Fsp3) is 0. The van der Waals surface area contributed by atoms with Crippen molar-refractivity contribution in [1.29, 1.82) is 0 Å². The average Bonchev–Trinajstić information content (AvgIpc) is 1.54. The van der Waals surface area contributed by atoms with Crippen molar-refractivity contribution in [1.82, 2.24) is 0 Å². The molecular formula is C3H24Al2Ca2Mg4O9. The predicted molar refractivity (Wildman–Crippen MR) is 103 cm³/mol. The molecule has 9 nitrogen and oxygen atoms in total. The maximum Gasteiger partial charge on any atom is 0.316 e. The molecule has 0 amide bonds. The molecule has 0 rings (SSSR count). The SMILES string of the molecule is O=C(O)O.O=C(O)O.O=C(O)O.[AlH3].[AlH3].[CaH2].[CaH2].[MgH2].[MgH2].[MgH2].[MgH2]. The standard InChI is InChI=1S/3CH2O3.2Al.2Ca.4Mg.18H/c3*2-1(3)4;;;;;;;;;;;;;;;;;;;;;;;;;;/h3*(H2,2,3,4);;;;;;;;;;;;;;;;;;;;;;;;;;. The van der Waals surface area contributed by atoms with Gasteiger partial charge in [-0.25, -0.2) is 14.4 Å².